The molecule has 2 unspecified atom stereocenters. The van der Waals surface area contributed by atoms with Gasteiger partial charge in [-0.05, 0) is 32.8 Å². The number of ether oxygens (including phenoxy) is 4. The number of piperidine rings is 1. The average molecular weight is 817 g/mol. The van der Waals surface area contributed by atoms with Crippen molar-refractivity contribution in [2.24, 2.45) is 33.7 Å². The molecular formula is C44H56N4O11. The van der Waals surface area contributed by atoms with Crippen molar-refractivity contribution in [3.8, 4) is 17.2 Å². The SMILES string of the molecule is CO[C@H]1/C=C/O[C@@]2(C)Oc3c(C)c(O)c4c(O)c(c5c(c4c3C2=O)NC2(CC3CCC(C2)N3)N=5)=NC(=O)/C(C)=C\C=C\[C@H](C)[C@H](O)[C@@H](C)[C@@H](O)[C@@H](C)[C@H](OC(C)=O)[C@@H]1C. The first kappa shape index (κ1) is 42.3. The van der Waals surface area contributed by atoms with Crippen molar-refractivity contribution >= 4 is 34.1 Å². The van der Waals surface area contributed by atoms with Gasteiger partial charge in [-0.15, -0.1) is 0 Å². The molecule has 6 N–H and O–H groups in total. The van der Waals surface area contributed by atoms with Crippen LogP contribution in [0.2, 0.25) is 0 Å². The number of anilines is 1. The van der Waals surface area contributed by atoms with E-state index >= 15 is 0 Å². The Morgan fingerprint density at radius 1 is 0.932 bits per heavy atom. The summed E-state index contributed by atoms with van der Waals surface area (Å²) in [6, 6.07) is 0.354. The largest absolute Gasteiger partial charge is 0.507 e. The number of nitrogens with zero attached hydrogens (tertiary/aromatic N) is 2. The molecule has 2 aromatic rings. The Balaban J connectivity index is 1.42. The third-order valence-corrected chi connectivity index (χ3v) is 13.1. The van der Waals surface area contributed by atoms with Crippen LogP contribution in [0.25, 0.3) is 10.8 Å². The lowest BCUT2D eigenvalue weighted by molar-refractivity contribution is -0.160. The number of rotatable bonds is 2. The third kappa shape index (κ3) is 7.29. The summed E-state index contributed by atoms with van der Waals surface area (Å²) in [7, 11) is 1.47. The molecule has 318 valence electrons. The number of phenols is 2. The van der Waals surface area contributed by atoms with Crippen molar-refractivity contribution < 1.29 is 53.8 Å². The molecule has 6 bridgehead atoms. The second kappa shape index (κ2) is 15.6. The molecule has 7 rings (SSSR count). The van der Waals surface area contributed by atoms with Crippen molar-refractivity contribution in [2.75, 3.05) is 12.4 Å². The van der Waals surface area contributed by atoms with Gasteiger partial charge in [0, 0.05) is 86.1 Å². The molecule has 0 radical (unpaired) electrons. The van der Waals surface area contributed by atoms with Crippen LogP contribution in [-0.2, 0) is 23.8 Å². The van der Waals surface area contributed by atoms with E-state index < -0.39 is 82.9 Å². The molecule has 1 spiro atoms. The first-order valence-electron chi connectivity index (χ1n) is 20.4. The van der Waals surface area contributed by atoms with E-state index in [2.05, 4.69) is 15.6 Å². The van der Waals surface area contributed by atoms with Crippen LogP contribution in [-0.4, -0.2) is 93.1 Å². The number of aliphatic hydroxyl groups excluding tert-OH is 2. The minimum absolute atomic E-state index is 0.0578. The zero-order valence-electron chi connectivity index (χ0n) is 35.0. The van der Waals surface area contributed by atoms with Crippen molar-refractivity contribution in [2.45, 2.75) is 129 Å². The van der Waals surface area contributed by atoms with Gasteiger partial charge in [-0.3, -0.25) is 19.4 Å². The van der Waals surface area contributed by atoms with Crippen molar-refractivity contribution in [1.82, 2.24) is 5.32 Å². The number of nitrogens with one attached hydrogen (secondary N) is 2. The number of benzene rings is 2. The maximum atomic E-state index is 14.7. The van der Waals surface area contributed by atoms with Crippen molar-refractivity contribution in [3.05, 3.63) is 58.0 Å². The summed E-state index contributed by atoms with van der Waals surface area (Å²) < 4.78 is 24.0. The van der Waals surface area contributed by atoms with Crippen LogP contribution in [0.15, 0.2) is 46.1 Å². The molecule has 2 aromatic carbocycles. The van der Waals surface area contributed by atoms with E-state index in [9.17, 15) is 34.8 Å². The van der Waals surface area contributed by atoms with E-state index in [1.165, 1.54) is 27.2 Å². The molecule has 11 atom stereocenters. The zero-order chi connectivity index (χ0) is 42.9. The second-order valence-corrected chi connectivity index (χ2v) is 17.3. The lowest BCUT2D eigenvalue weighted by Gasteiger charge is -2.38. The molecule has 0 aliphatic carbocycles. The van der Waals surface area contributed by atoms with Gasteiger partial charge in [0.15, 0.2) is 5.75 Å². The number of ketones is 1. The van der Waals surface area contributed by atoms with Crippen LogP contribution >= 0.6 is 0 Å². The molecule has 15 nitrogen and oxygen atoms in total. The molecule has 0 aromatic heterocycles. The smallest absolute Gasteiger partial charge is 0.312 e. The predicted octanol–water partition coefficient (Wildman–Crippen LogP) is 3.91. The van der Waals surface area contributed by atoms with Gasteiger partial charge in [-0.25, -0.2) is 4.99 Å². The van der Waals surface area contributed by atoms with E-state index in [1.54, 1.807) is 65.8 Å². The number of amides is 1. The number of fused-ring (bicyclic) bond motifs is 3. The van der Waals surface area contributed by atoms with Gasteiger partial charge in [0.1, 0.15) is 34.0 Å². The van der Waals surface area contributed by atoms with Gasteiger partial charge >= 0.3 is 11.8 Å². The summed E-state index contributed by atoms with van der Waals surface area (Å²) in [5.41, 5.74) is -0.0757. The normalized spacial score (nSPS) is 37.8. The fourth-order valence-corrected chi connectivity index (χ4v) is 9.70. The Morgan fingerprint density at radius 3 is 2.25 bits per heavy atom. The molecule has 0 saturated carbocycles. The molecule has 15 heteroatoms. The number of Topliss-reactive ketones (excluding diaryl/α,β-unsaturated/α-hetero) is 1. The summed E-state index contributed by atoms with van der Waals surface area (Å²) in [4.78, 5) is 50.4. The monoisotopic (exact) mass is 816 g/mol. The highest BCUT2D eigenvalue weighted by Crippen LogP contribution is 2.52. The third-order valence-electron chi connectivity index (χ3n) is 13.1. The number of allylic oxidation sites excluding steroid dienone is 2. The molecule has 5 heterocycles. The molecule has 2 fully saturated rings. The zero-order valence-corrected chi connectivity index (χ0v) is 35.0. The highest BCUT2D eigenvalue weighted by atomic mass is 16.7. The van der Waals surface area contributed by atoms with E-state index in [0.29, 0.717) is 18.5 Å². The maximum absolute atomic E-state index is 14.7. The second-order valence-electron chi connectivity index (χ2n) is 17.3. The van der Waals surface area contributed by atoms with Gasteiger partial charge in [-0.2, -0.15) is 0 Å². The summed E-state index contributed by atoms with van der Waals surface area (Å²) in [6.07, 6.45) is 7.04. The average Bonchev–Trinajstić information content (AvgIpc) is 3.82. The number of phenolic OH excluding ortho intramolecular Hbond substituents is 2. The minimum atomic E-state index is -1.95. The van der Waals surface area contributed by atoms with E-state index in [1.807, 2.05) is 0 Å². The quantitative estimate of drug-likeness (QED) is 0.188. The molecule has 5 aliphatic rings. The molecular weight excluding hydrogens is 761 g/mol. The fourth-order valence-electron chi connectivity index (χ4n) is 9.70. The van der Waals surface area contributed by atoms with Gasteiger partial charge in [-0.1, -0.05) is 45.9 Å². The molecule has 59 heavy (non-hydrogen) atoms. The van der Waals surface area contributed by atoms with Gasteiger partial charge in [0.25, 0.3) is 11.7 Å². The van der Waals surface area contributed by atoms with Gasteiger partial charge in [0.2, 0.25) is 0 Å². The van der Waals surface area contributed by atoms with Gasteiger partial charge in [0.05, 0.1) is 41.2 Å². The number of hydrogen-bond acceptors (Lipinski definition) is 14. The Kier molecular flexibility index (Phi) is 11.2. The number of aliphatic hydroxyl groups is 2. The topological polar surface area (TPSA) is 218 Å². The summed E-state index contributed by atoms with van der Waals surface area (Å²) in [5, 5.41) is 54.1. The van der Waals surface area contributed by atoms with E-state index in [4.69, 9.17) is 23.9 Å². The number of carbonyl (C=O) groups excluding carboxylic acids is 3. The number of methoxy groups -OCH3 is 1. The summed E-state index contributed by atoms with van der Waals surface area (Å²) in [5.74, 6) is -7.00. The number of hydrogen-bond donors (Lipinski definition) is 6. The summed E-state index contributed by atoms with van der Waals surface area (Å²) in [6.45, 7) is 12.9. The van der Waals surface area contributed by atoms with Crippen LogP contribution in [0.3, 0.4) is 0 Å². The lowest BCUT2D eigenvalue weighted by Crippen LogP contribution is -2.50. The van der Waals surface area contributed by atoms with Crippen LogP contribution in [0.5, 0.6) is 17.2 Å². The Bertz CT molecular complexity index is 2290. The number of aromatic hydroxyl groups is 2. The summed E-state index contributed by atoms with van der Waals surface area (Å²) >= 11 is 0. The van der Waals surface area contributed by atoms with Crippen LogP contribution in [0, 0.1) is 30.6 Å². The number of esters is 1. The molecule has 1 amide bonds. The highest BCUT2D eigenvalue weighted by molar-refractivity contribution is 6.21. The lowest BCUT2D eigenvalue weighted by atomic mass is 9.78. The van der Waals surface area contributed by atoms with Crippen LogP contribution in [0.4, 0.5) is 5.69 Å². The van der Waals surface area contributed by atoms with Crippen molar-refractivity contribution in [1.29, 1.82) is 0 Å². The predicted molar refractivity (Wildman–Crippen MR) is 216 cm³/mol. The minimum Gasteiger partial charge on any atom is -0.507 e. The van der Waals surface area contributed by atoms with Crippen LogP contribution < -0.4 is 26.1 Å². The first-order valence-corrected chi connectivity index (χ1v) is 20.4. The Morgan fingerprint density at radius 2 is 1.61 bits per heavy atom. The highest BCUT2D eigenvalue weighted by Gasteiger charge is 2.52. The van der Waals surface area contributed by atoms with E-state index in [0.717, 1.165) is 12.8 Å². The Hall–Kier alpha value is -4.83. The standard InChI is InChI=1S/C44H56N4O11/c1-19-11-10-12-20(2)42(55)46-34-33-32(47-44(48-33)17-26-13-14-27(18-44)45-26)29-30(38(34)53)37(52)24(6)40-31(29)41(54)43(8,59-40)57-16-15-28(56-9)21(3)39(58-25(7)49)23(5)36(51)22(4)35(19)50/h10-12,15-16,19,21-23,26-28,35-36,39,45,47,50-53H,13-14,17-18H2,1-9H3/b11-10+,16-15+,20-12-,46-34?/t19-,21+,22+,23+,26?,27?,28-,35-,36+,39+,43-,44?/m0/s1. The van der Waals surface area contributed by atoms with Crippen LogP contribution in [0.1, 0.15) is 90.1 Å². The maximum Gasteiger partial charge on any atom is 0.312 e. The number of carbonyl (C=O) groups is 3. The van der Waals surface area contributed by atoms with Crippen molar-refractivity contribution in [3.63, 3.8) is 0 Å². The first-order chi connectivity index (χ1) is 27.8. The van der Waals surface area contributed by atoms with E-state index in [-0.39, 0.29) is 61.8 Å². The Labute approximate surface area is 342 Å². The van der Waals surface area contributed by atoms with Gasteiger partial charge < -0.3 is 50.0 Å². The molecule has 5 aliphatic heterocycles. The fraction of sp³-hybridized carbons (Fsp3) is 0.568. The molecule has 2 saturated heterocycles.